The van der Waals surface area contributed by atoms with Gasteiger partial charge in [-0.1, -0.05) is 18.2 Å². The highest BCUT2D eigenvalue weighted by Crippen LogP contribution is 2.21. The molecule has 2 heterocycles. The number of methoxy groups -OCH3 is 1. The predicted molar refractivity (Wildman–Crippen MR) is 108 cm³/mol. The Hall–Kier alpha value is -2.86. The van der Waals surface area contributed by atoms with Gasteiger partial charge in [0.25, 0.3) is 0 Å². The molecule has 148 valence electrons. The van der Waals surface area contributed by atoms with Crippen LogP contribution < -0.4 is 0 Å². The number of hydrogen-bond acceptors (Lipinski definition) is 4. The molecule has 0 saturated heterocycles. The van der Waals surface area contributed by atoms with E-state index in [0.717, 1.165) is 35.3 Å². The number of Topliss-reactive ketones (excluding diaryl/α,β-unsaturated/α-hetero) is 1. The van der Waals surface area contributed by atoms with Crippen molar-refractivity contribution >= 4 is 22.7 Å². The van der Waals surface area contributed by atoms with Crippen LogP contribution in [0.1, 0.15) is 38.5 Å². The number of nitrogens with zero attached hydrogens (tertiary/aromatic N) is 2. The number of ether oxygens (including phenoxy) is 2. The van der Waals surface area contributed by atoms with Gasteiger partial charge in [0, 0.05) is 61.4 Å². The van der Waals surface area contributed by atoms with E-state index in [1.54, 1.807) is 13.3 Å². The molecule has 0 aliphatic heterocycles. The quantitative estimate of drug-likeness (QED) is 0.339. The second kappa shape index (κ2) is 8.44. The number of fused-ring (bicyclic) bond motifs is 1. The molecule has 2 aromatic heterocycles. The molecule has 0 aliphatic rings. The number of rotatable bonds is 8. The van der Waals surface area contributed by atoms with Gasteiger partial charge in [-0.3, -0.25) is 4.79 Å². The van der Waals surface area contributed by atoms with Gasteiger partial charge in [0.05, 0.1) is 5.56 Å². The minimum Gasteiger partial charge on any atom is -0.454 e. The van der Waals surface area contributed by atoms with Crippen molar-refractivity contribution in [3.8, 4) is 0 Å². The summed E-state index contributed by atoms with van der Waals surface area (Å²) in [6.07, 6.45) is 2.61. The SMILES string of the molecule is COCCCn1c(C)cc(C(=O)COC(=O)c2cn(C)c3ccccc23)c1C. The standard InChI is InChI=1S/C22H26N2O4/c1-15-12-18(16(2)24(15)10-7-11-27-4)21(25)14-28-22(26)19-13-23(3)20-9-6-5-8-17(19)20/h5-6,8-9,12-13H,7,10-11,14H2,1-4H3. The van der Waals surface area contributed by atoms with Crippen LogP contribution in [0.5, 0.6) is 0 Å². The maximum atomic E-state index is 12.6. The van der Waals surface area contributed by atoms with Gasteiger partial charge in [-0.15, -0.1) is 0 Å². The average Bonchev–Trinajstić information content (AvgIpc) is 3.17. The first-order valence-electron chi connectivity index (χ1n) is 9.34. The highest BCUT2D eigenvalue weighted by Gasteiger charge is 2.19. The van der Waals surface area contributed by atoms with E-state index in [2.05, 4.69) is 4.57 Å². The number of para-hydroxylation sites is 1. The van der Waals surface area contributed by atoms with Gasteiger partial charge in [-0.2, -0.15) is 0 Å². The molecule has 0 aliphatic carbocycles. The molecular weight excluding hydrogens is 356 g/mol. The number of esters is 1. The average molecular weight is 382 g/mol. The minimum absolute atomic E-state index is 0.195. The fraction of sp³-hybridized carbons (Fsp3) is 0.364. The number of aryl methyl sites for hydroxylation is 2. The normalized spacial score (nSPS) is 11.1. The molecule has 0 amide bonds. The Labute approximate surface area is 164 Å². The zero-order valence-corrected chi connectivity index (χ0v) is 16.8. The molecule has 6 nitrogen and oxygen atoms in total. The second-order valence-electron chi connectivity index (χ2n) is 6.95. The Morgan fingerprint density at radius 2 is 1.86 bits per heavy atom. The van der Waals surface area contributed by atoms with Gasteiger partial charge < -0.3 is 18.6 Å². The minimum atomic E-state index is -0.487. The maximum absolute atomic E-state index is 12.6. The molecule has 28 heavy (non-hydrogen) atoms. The van der Waals surface area contributed by atoms with Crippen LogP contribution in [-0.4, -0.2) is 41.2 Å². The third-order valence-electron chi connectivity index (χ3n) is 5.06. The first kappa shape index (κ1) is 19.9. The van der Waals surface area contributed by atoms with Crippen LogP contribution in [0.3, 0.4) is 0 Å². The molecule has 0 radical (unpaired) electrons. The summed E-state index contributed by atoms with van der Waals surface area (Å²) in [5.74, 6) is -0.682. The van der Waals surface area contributed by atoms with Crippen molar-refractivity contribution in [1.82, 2.24) is 9.13 Å². The van der Waals surface area contributed by atoms with Crippen LogP contribution in [0.2, 0.25) is 0 Å². The van der Waals surface area contributed by atoms with Crippen LogP contribution in [0.15, 0.2) is 36.5 Å². The summed E-state index contributed by atoms with van der Waals surface area (Å²) >= 11 is 0. The predicted octanol–water partition coefficient (Wildman–Crippen LogP) is 3.67. The third-order valence-corrected chi connectivity index (χ3v) is 5.06. The molecule has 0 saturated carbocycles. The van der Waals surface area contributed by atoms with Crippen molar-refractivity contribution in [2.24, 2.45) is 7.05 Å². The Bertz CT molecular complexity index is 1010. The molecule has 0 bridgehead atoms. The number of carbonyl (C=O) groups excluding carboxylic acids is 2. The van der Waals surface area contributed by atoms with Crippen LogP contribution in [0.25, 0.3) is 10.9 Å². The van der Waals surface area contributed by atoms with E-state index in [9.17, 15) is 9.59 Å². The van der Waals surface area contributed by atoms with Crippen molar-refractivity contribution in [2.75, 3.05) is 20.3 Å². The van der Waals surface area contributed by atoms with E-state index >= 15 is 0 Å². The molecule has 0 spiro atoms. The number of benzene rings is 1. The van der Waals surface area contributed by atoms with Crippen molar-refractivity contribution in [2.45, 2.75) is 26.8 Å². The zero-order valence-electron chi connectivity index (χ0n) is 16.8. The van der Waals surface area contributed by atoms with Crippen LogP contribution in [0, 0.1) is 13.8 Å². The van der Waals surface area contributed by atoms with Crippen molar-refractivity contribution in [3.63, 3.8) is 0 Å². The molecule has 0 fully saturated rings. The summed E-state index contributed by atoms with van der Waals surface area (Å²) in [5, 5.41) is 0.818. The zero-order chi connectivity index (χ0) is 20.3. The fourth-order valence-corrected chi connectivity index (χ4v) is 3.59. The van der Waals surface area contributed by atoms with Gasteiger partial charge >= 0.3 is 5.97 Å². The van der Waals surface area contributed by atoms with Gasteiger partial charge in [0.15, 0.2) is 6.61 Å². The van der Waals surface area contributed by atoms with E-state index in [0.29, 0.717) is 17.7 Å². The summed E-state index contributed by atoms with van der Waals surface area (Å²) in [6.45, 7) is 5.07. The number of ketones is 1. The van der Waals surface area contributed by atoms with Crippen molar-refractivity contribution in [1.29, 1.82) is 0 Å². The topological polar surface area (TPSA) is 62.5 Å². The first-order valence-corrected chi connectivity index (χ1v) is 9.34. The van der Waals surface area contributed by atoms with Gasteiger partial charge in [-0.25, -0.2) is 4.79 Å². The molecule has 6 heteroatoms. The van der Waals surface area contributed by atoms with E-state index in [1.807, 2.05) is 55.8 Å². The van der Waals surface area contributed by atoms with E-state index in [4.69, 9.17) is 9.47 Å². The smallest absolute Gasteiger partial charge is 0.340 e. The highest BCUT2D eigenvalue weighted by molar-refractivity contribution is 6.06. The Morgan fingerprint density at radius 3 is 2.61 bits per heavy atom. The van der Waals surface area contributed by atoms with Gasteiger partial charge in [-0.05, 0) is 32.4 Å². The molecule has 3 aromatic rings. The maximum Gasteiger partial charge on any atom is 0.340 e. The molecule has 0 N–H and O–H groups in total. The number of carbonyl (C=O) groups is 2. The Kier molecular flexibility index (Phi) is 5.99. The van der Waals surface area contributed by atoms with E-state index in [-0.39, 0.29) is 12.4 Å². The van der Waals surface area contributed by atoms with Crippen molar-refractivity contribution in [3.05, 3.63) is 59.0 Å². The molecule has 3 rings (SSSR count). The van der Waals surface area contributed by atoms with E-state index in [1.165, 1.54) is 0 Å². The van der Waals surface area contributed by atoms with Gasteiger partial charge in [0.2, 0.25) is 5.78 Å². The third kappa shape index (κ3) is 3.87. The summed E-state index contributed by atoms with van der Waals surface area (Å²) in [4.78, 5) is 25.2. The second-order valence-corrected chi connectivity index (χ2v) is 6.95. The van der Waals surface area contributed by atoms with Crippen molar-refractivity contribution < 1.29 is 19.1 Å². The Morgan fingerprint density at radius 1 is 1.11 bits per heavy atom. The van der Waals surface area contributed by atoms with Crippen LogP contribution in [-0.2, 0) is 23.1 Å². The summed E-state index contributed by atoms with van der Waals surface area (Å²) < 4.78 is 14.4. The fourth-order valence-electron chi connectivity index (χ4n) is 3.59. The lowest BCUT2D eigenvalue weighted by Crippen LogP contribution is -2.15. The molecule has 0 atom stereocenters. The molecule has 1 aromatic carbocycles. The monoisotopic (exact) mass is 382 g/mol. The molecular formula is C22H26N2O4. The lowest BCUT2D eigenvalue weighted by atomic mass is 10.1. The highest BCUT2D eigenvalue weighted by atomic mass is 16.5. The lowest BCUT2D eigenvalue weighted by molar-refractivity contribution is 0.0476. The summed E-state index contributed by atoms with van der Waals surface area (Å²) in [6, 6.07) is 9.47. The largest absolute Gasteiger partial charge is 0.454 e. The molecule has 0 unspecified atom stereocenters. The Balaban J connectivity index is 1.70. The number of aromatic nitrogens is 2. The van der Waals surface area contributed by atoms with E-state index < -0.39 is 5.97 Å². The lowest BCUT2D eigenvalue weighted by Gasteiger charge is -2.09. The van der Waals surface area contributed by atoms with Crippen LogP contribution >= 0.6 is 0 Å². The van der Waals surface area contributed by atoms with Crippen LogP contribution in [0.4, 0.5) is 0 Å². The van der Waals surface area contributed by atoms with Gasteiger partial charge in [0.1, 0.15) is 0 Å². The summed E-state index contributed by atoms with van der Waals surface area (Å²) in [5.41, 5.74) is 3.91. The number of hydrogen-bond donors (Lipinski definition) is 0. The first-order chi connectivity index (χ1) is 13.4. The summed E-state index contributed by atoms with van der Waals surface area (Å²) in [7, 11) is 3.55.